The number of nitrogens with one attached hydrogen (secondary N) is 1. The lowest BCUT2D eigenvalue weighted by Gasteiger charge is -2.28. The van der Waals surface area contributed by atoms with Crippen molar-refractivity contribution in [2.45, 2.75) is 38.6 Å². The molecule has 2 nitrogen and oxygen atoms in total. The minimum Gasteiger partial charge on any atom is -0.350 e. The number of amides is 1. The van der Waals surface area contributed by atoms with Crippen molar-refractivity contribution in [3.05, 3.63) is 42.0 Å². The van der Waals surface area contributed by atoms with Gasteiger partial charge in [-0.2, -0.15) is 0 Å². The second-order valence-electron chi connectivity index (χ2n) is 6.38. The highest BCUT2D eigenvalue weighted by Crippen LogP contribution is 2.49. The normalized spacial score (nSPS) is 29.8. The Kier molecular flexibility index (Phi) is 3.90. The molecule has 106 valence electrons. The molecule has 0 saturated heterocycles. The van der Waals surface area contributed by atoms with E-state index >= 15 is 0 Å². The van der Waals surface area contributed by atoms with Crippen LogP contribution in [0.25, 0.3) is 6.08 Å². The van der Waals surface area contributed by atoms with Gasteiger partial charge in [-0.15, -0.1) is 0 Å². The standard InChI is InChI=1S/C18H23NO/c1-13(17-12-15-7-9-16(17)11-15)19-18(20)10-8-14-5-3-2-4-6-14/h2-6,8,10,13,15-17H,7,9,11-12H2,1H3,(H,19,20)/b10-8+/t13-,15+,16-,17+/m0/s1. The number of rotatable bonds is 4. The zero-order valence-corrected chi connectivity index (χ0v) is 12.1. The van der Waals surface area contributed by atoms with Gasteiger partial charge < -0.3 is 5.32 Å². The summed E-state index contributed by atoms with van der Waals surface area (Å²) in [6.07, 6.45) is 9.02. The molecule has 1 aromatic carbocycles. The summed E-state index contributed by atoms with van der Waals surface area (Å²) in [5.41, 5.74) is 1.07. The van der Waals surface area contributed by atoms with E-state index in [2.05, 4.69) is 12.2 Å². The zero-order valence-electron chi connectivity index (χ0n) is 12.1. The van der Waals surface area contributed by atoms with Crippen LogP contribution >= 0.6 is 0 Å². The lowest BCUT2D eigenvalue weighted by Crippen LogP contribution is -2.39. The molecule has 2 aliphatic carbocycles. The minimum absolute atomic E-state index is 0.0316. The van der Waals surface area contributed by atoms with E-state index in [1.807, 2.05) is 36.4 Å². The molecular weight excluding hydrogens is 246 g/mol. The molecule has 2 aliphatic rings. The average molecular weight is 269 g/mol. The summed E-state index contributed by atoms with van der Waals surface area (Å²) in [7, 11) is 0. The molecule has 0 spiro atoms. The molecule has 2 bridgehead atoms. The second kappa shape index (κ2) is 5.82. The summed E-state index contributed by atoms with van der Waals surface area (Å²) < 4.78 is 0. The quantitative estimate of drug-likeness (QED) is 0.831. The van der Waals surface area contributed by atoms with Gasteiger partial charge in [0.2, 0.25) is 5.91 Å². The van der Waals surface area contributed by atoms with Crippen LogP contribution in [0.2, 0.25) is 0 Å². The molecule has 1 amide bonds. The number of benzene rings is 1. The van der Waals surface area contributed by atoms with E-state index in [0.717, 1.165) is 17.4 Å². The third kappa shape index (κ3) is 2.95. The smallest absolute Gasteiger partial charge is 0.244 e. The van der Waals surface area contributed by atoms with Gasteiger partial charge in [0.05, 0.1) is 0 Å². The summed E-state index contributed by atoms with van der Waals surface area (Å²) in [6.45, 7) is 2.17. The summed E-state index contributed by atoms with van der Waals surface area (Å²) in [6, 6.07) is 10.3. The van der Waals surface area contributed by atoms with Gasteiger partial charge in [-0.25, -0.2) is 0 Å². The Hall–Kier alpha value is -1.57. The van der Waals surface area contributed by atoms with Crippen molar-refractivity contribution >= 4 is 12.0 Å². The molecular formula is C18H23NO. The Balaban J connectivity index is 1.52. The highest BCUT2D eigenvalue weighted by Gasteiger charge is 2.41. The van der Waals surface area contributed by atoms with Crippen LogP contribution in [0.4, 0.5) is 0 Å². The van der Waals surface area contributed by atoms with Gasteiger partial charge >= 0.3 is 0 Å². The highest BCUT2D eigenvalue weighted by molar-refractivity contribution is 5.91. The fourth-order valence-corrected chi connectivity index (χ4v) is 4.02. The second-order valence-corrected chi connectivity index (χ2v) is 6.38. The molecule has 0 aromatic heterocycles. The first-order valence-corrected chi connectivity index (χ1v) is 7.76. The van der Waals surface area contributed by atoms with E-state index in [-0.39, 0.29) is 5.91 Å². The molecule has 4 atom stereocenters. The molecule has 0 heterocycles. The maximum Gasteiger partial charge on any atom is 0.244 e. The summed E-state index contributed by atoms with van der Waals surface area (Å²) in [5.74, 6) is 2.52. The van der Waals surface area contributed by atoms with Gasteiger partial charge in [-0.1, -0.05) is 36.8 Å². The molecule has 2 saturated carbocycles. The van der Waals surface area contributed by atoms with Gasteiger partial charge in [-0.3, -0.25) is 4.79 Å². The number of hydrogen-bond donors (Lipinski definition) is 1. The van der Waals surface area contributed by atoms with Crippen molar-refractivity contribution in [3.8, 4) is 0 Å². The molecule has 2 heteroatoms. The Morgan fingerprint density at radius 3 is 2.70 bits per heavy atom. The average Bonchev–Trinajstić information content (AvgIpc) is 3.09. The van der Waals surface area contributed by atoms with E-state index in [1.165, 1.54) is 25.7 Å². The number of fused-ring (bicyclic) bond motifs is 2. The van der Waals surface area contributed by atoms with Gasteiger partial charge in [0.1, 0.15) is 0 Å². The molecule has 0 radical (unpaired) electrons. The first-order chi connectivity index (χ1) is 9.72. The van der Waals surface area contributed by atoms with Crippen molar-refractivity contribution in [3.63, 3.8) is 0 Å². The fraction of sp³-hybridized carbons (Fsp3) is 0.500. The maximum atomic E-state index is 12.0. The van der Waals surface area contributed by atoms with E-state index < -0.39 is 0 Å². The van der Waals surface area contributed by atoms with E-state index in [9.17, 15) is 4.79 Å². The van der Waals surface area contributed by atoms with E-state index in [1.54, 1.807) is 6.08 Å². The van der Waals surface area contributed by atoms with Crippen LogP contribution in [0.5, 0.6) is 0 Å². The van der Waals surface area contributed by atoms with E-state index in [0.29, 0.717) is 12.0 Å². The van der Waals surface area contributed by atoms with Crippen LogP contribution in [0, 0.1) is 17.8 Å². The SMILES string of the molecule is C[C@H](NC(=O)/C=C/c1ccccc1)[C@H]1C[C@@H]2CC[C@H]1C2. The van der Waals surface area contributed by atoms with Crippen LogP contribution in [0.1, 0.15) is 38.2 Å². The zero-order chi connectivity index (χ0) is 13.9. The lowest BCUT2D eigenvalue weighted by molar-refractivity contribution is -0.117. The predicted octanol–water partition coefficient (Wildman–Crippen LogP) is 3.64. The first-order valence-electron chi connectivity index (χ1n) is 7.76. The molecule has 2 fully saturated rings. The minimum atomic E-state index is 0.0316. The monoisotopic (exact) mass is 269 g/mol. The largest absolute Gasteiger partial charge is 0.350 e. The highest BCUT2D eigenvalue weighted by atomic mass is 16.1. The molecule has 20 heavy (non-hydrogen) atoms. The van der Waals surface area contributed by atoms with Crippen LogP contribution in [-0.2, 0) is 4.79 Å². The molecule has 1 N–H and O–H groups in total. The van der Waals surface area contributed by atoms with Crippen LogP contribution in [-0.4, -0.2) is 11.9 Å². The van der Waals surface area contributed by atoms with Crippen LogP contribution < -0.4 is 5.32 Å². The maximum absolute atomic E-state index is 12.0. The molecule has 0 unspecified atom stereocenters. The van der Waals surface area contributed by atoms with Crippen LogP contribution in [0.15, 0.2) is 36.4 Å². The summed E-state index contributed by atoms with van der Waals surface area (Å²) in [5, 5.41) is 3.15. The van der Waals surface area contributed by atoms with Crippen molar-refractivity contribution in [2.24, 2.45) is 17.8 Å². The van der Waals surface area contributed by atoms with Crippen molar-refractivity contribution in [1.82, 2.24) is 5.32 Å². The molecule has 3 rings (SSSR count). The third-order valence-electron chi connectivity index (χ3n) is 5.03. The number of carbonyl (C=O) groups is 1. The summed E-state index contributed by atoms with van der Waals surface area (Å²) >= 11 is 0. The summed E-state index contributed by atoms with van der Waals surface area (Å²) in [4.78, 5) is 12.0. The van der Waals surface area contributed by atoms with Crippen LogP contribution in [0.3, 0.4) is 0 Å². The predicted molar refractivity (Wildman–Crippen MR) is 82.0 cm³/mol. The fourth-order valence-electron chi connectivity index (χ4n) is 4.02. The Morgan fingerprint density at radius 2 is 2.05 bits per heavy atom. The van der Waals surface area contributed by atoms with E-state index in [4.69, 9.17) is 0 Å². The topological polar surface area (TPSA) is 29.1 Å². The lowest BCUT2D eigenvalue weighted by atomic mass is 9.84. The van der Waals surface area contributed by atoms with Gasteiger partial charge in [0, 0.05) is 12.1 Å². The first kappa shape index (κ1) is 13.4. The van der Waals surface area contributed by atoms with Crippen molar-refractivity contribution in [1.29, 1.82) is 0 Å². The van der Waals surface area contributed by atoms with Gasteiger partial charge in [-0.05, 0) is 55.6 Å². The van der Waals surface area contributed by atoms with Crippen molar-refractivity contribution in [2.75, 3.05) is 0 Å². The number of hydrogen-bond acceptors (Lipinski definition) is 1. The number of carbonyl (C=O) groups excluding carboxylic acids is 1. The Labute approximate surface area is 121 Å². The molecule has 0 aliphatic heterocycles. The van der Waals surface area contributed by atoms with Gasteiger partial charge in [0.15, 0.2) is 0 Å². The molecule has 1 aromatic rings. The van der Waals surface area contributed by atoms with Crippen molar-refractivity contribution < 1.29 is 4.79 Å². The third-order valence-corrected chi connectivity index (χ3v) is 5.03. The Morgan fingerprint density at radius 1 is 1.25 bits per heavy atom. The Bertz CT molecular complexity index is 493. The van der Waals surface area contributed by atoms with Gasteiger partial charge in [0.25, 0.3) is 0 Å².